The van der Waals surface area contributed by atoms with Gasteiger partial charge in [-0.1, -0.05) is 29.3 Å². The van der Waals surface area contributed by atoms with Crippen LogP contribution in [0.15, 0.2) is 18.2 Å². The molecule has 2 N–H and O–H groups in total. The van der Waals surface area contributed by atoms with Gasteiger partial charge in [0.15, 0.2) is 9.84 Å². The van der Waals surface area contributed by atoms with Crippen molar-refractivity contribution in [2.75, 3.05) is 12.9 Å². The number of sulfone groups is 1. The van der Waals surface area contributed by atoms with Crippen LogP contribution in [0.4, 0.5) is 0 Å². The molecule has 0 fully saturated rings. The Bertz CT molecular complexity index is 501. The summed E-state index contributed by atoms with van der Waals surface area (Å²) in [6.07, 6.45) is -0.444. The molecule has 0 saturated heterocycles. The number of aliphatic hydroxyl groups is 2. The van der Waals surface area contributed by atoms with Gasteiger partial charge in [-0.2, -0.15) is 0 Å². The molecule has 2 atom stereocenters. The van der Waals surface area contributed by atoms with Gasteiger partial charge in [-0.15, -0.1) is 0 Å². The van der Waals surface area contributed by atoms with E-state index in [2.05, 4.69) is 0 Å². The lowest BCUT2D eigenvalue weighted by Crippen LogP contribution is -2.31. The maximum absolute atomic E-state index is 11.4. The highest BCUT2D eigenvalue weighted by Gasteiger charge is 2.30. The smallest absolute Gasteiger partial charge is 0.155 e. The van der Waals surface area contributed by atoms with Gasteiger partial charge in [-0.3, -0.25) is 0 Å². The SMILES string of the molecule is CS(=O)(=O)[C@H](CO)[C@H](O)c1ccc(Cl)cc1Cl. The van der Waals surface area contributed by atoms with E-state index in [0.717, 1.165) is 6.26 Å². The van der Waals surface area contributed by atoms with E-state index in [1.54, 1.807) is 0 Å². The third kappa shape index (κ3) is 3.56. The number of aliphatic hydroxyl groups excluding tert-OH is 2. The lowest BCUT2D eigenvalue weighted by atomic mass is 10.1. The molecule has 1 rings (SSSR count). The summed E-state index contributed by atoms with van der Waals surface area (Å²) >= 11 is 11.5. The summed E-state index contributed by atoms with van der Waals surface area (Å²) in [5.74, 6) is 0. The van der Waals surface area contributed by atoms with Gasteiger partial charge in [-0.25, -0.2) is 8.42 Å². The average molecular weight is 299 g/mol. The van der Waals surface area contributed by atoms with E-state index >= 15 is 0 Å². The zero-order valence-corrected chi connectivity index (χ0v) is 11.3. The van der Waals surface area contributed by atoms with Crippen molar-refractivity contribution in [3.8, 4) is 0 Å². The number of hydrogen-bond donors (Lipinski definition) is 2. The zero-order valence-electron chi connectivity index (χ0n) is 8.97. The Labute approximate surface area is 110 Å². The highest BCUT2D eigenvalue weighted by Crippen LogP contribution is 2.30. The first-order chi connectivity index (χ1) is 7.77. The largest absolute Gasteiger partial charge is 0.395 e. The van der Waals surface area contributed by atoms with Gasteiger partial charge in [-0.05, 0) is 12.1 Å². The van der Waals surface area contributed by atoms with Crippen molar-refractivity contribution in [2.24, 2.45) is 0 Å². The zero-order chi connectivity index (χ0) is 13.2. The Balaban J connectivity index is 3.15. The fourth-order valence-corrected chi connectivity index (χ4v) is 2.82. The van der Waals surface area contributed by atoms with E-state index in [1.165, 1.54) is 18.2 Å². The Morgan fingerprint density at radius 3 is 2.35 bits per heavy atom. The molecular weight excluding hydrogens is 287 g/mol. The van der Waals surface area contributed by atoms with Crippen molar-refractivity contribution >= 4 is 33.0 Å². The van der Waals surface area contributed by atoms with E-state index in [4.69, 9.17) is 28.3 Å². The highest BCUT2D eigenvalue weighted by atomic mass is 35.5. The molecule has 0 aliphatic heterocycles. The molecule has 0 aliphatic rings. The van der Waals surface area contributed by atoms with Crippen LogP contribution in [-0.4, -0.2) is 36.7 Å². The maximum Gasteiger partial charge on any atom is 0.155 e. The highest BCUT2D eigenvalue weighted by molar-refractivity contribution is 7.91. The molecular formula is C10H12Cl2O4S. The molecule has 1 aromatic carbocycles. The van der Waals surface area contributed by atoms with Crippen LogP contribution in [-0.2, 0) is 9.84 Å². The van der Waals surface area contributed by atoms with E-state index in [0.29, 0.717) is 5.02 Å². The summed E-state index contributed by atoms with van der Waals surface area (Å²) in [4.78, 5) is 0. The second kappa shape index (κ2) is 5.54. The molecule has 1 aromatic rings. The first-order valence-electron chi connectivity index (χ1n) is 4.70. The van der Waals surface area contributed by atoms with Crippen molar-refractivity contribution in [1.82, 2.24) is 0 Å². The topological polar surface area (TPSA) is 74.6 Å². The van der Waals surface area contributed by atoms with Crippen LogP contribution in [0.5, 0.6) is 0 Å². The van der Waals surface area contributed by atoms with Crippen LogP contribution in [0.3, 0.4) is 0 Å². The summed E-state index contributed by atoms with van der Waals surface area (Å²) in [7, 11) is -3.58. The average Bonchev–Trinajstić information content (AvgIpc) is 2.15. The predicted octanol–water partition coefficient (Wildman–Crippen LogP) is 1.43. The minimum atomic E-state index is -3.58. The van der Waals surface area contributed by atoms with Gasteiger partial charge in [0.05, 0.1) is 12.7 Å². The number of hydrogen-bond acceptors (Lipinski definition) is 4. The van der Waals surface area contributed by atoms with E-state index in [-0.39, 0.29) is 10.6 Å². The van der Waals surface area contributed by atoms with Gasteiger partial charge >= 0.3 is 0 Å². The van der Waals surface area contributed by atoms with Crippen LogP contribution in [0.25, 0.3) is 0 Å². The first-order valence-corrected chi connectivity index (χ1v) is 7.41. The van der Waals surface area contributed by atoms with Crippen molar-refractivity contribution in [3.63, 3.8) is 0 Å². The minimum Gasteiger partial charge on any atom is -0.395 e. The van der Waals surface area contributed by atoms with Crippen LogP contribution in [0.2, 0.25) is 10.0 Å². The van der Waals surface area contributed by atoms with Crippen LogP contribution in [0, 0.1) is 0 Å². The predicted molar refractivity (Wildman–Crippen MR) is 67.1 cm³/mol. The summed E-state index contributed by atoms with van der Waals surface area (Å²) < 4.78 is 22.7. The Hall–Kier alpha value is -0.330. The van der Waals surface area contributed by atoms with Crippen molar-refractivity contribution in [3.05, 3.63) is 33.8 Å². The van der Waals surface area contributed by atoms with Gasteiger partial charge < -0.3 is 10.2 Å². The van der Waals surface area contributed by atoms with Crippen molar-refractivity contribution in [2.45, 2.75) is 11.4 Å². The molecule has 0 unspecified atom stereocenters. The Kier molecular flexibility index (Phi) is 4.80. The van der Waals surface area contributed by atoms with Gasteiger partial charge in [0.25, 0.3) is 0 Å². The minimum absolute atomic E-state index is 0.159. The molecule has 96 valence electrons. The number of benzene rings is 1. The molecule has 17 heavy (non-hydrogen) atoms. The van der Waals surface area contributed by atoms with E-state index in [9.17, 15) is 13.5 Å². The van der Waals surface area contributed by atoms with Gasteiger partial charge in [0.1, 0.15) is 5.25 Å². The number of rotatable bonds is 4. The fourth-order valence-electron chi connectivity index (χ4n) is 1.41. The third-order valence-corrected chi connectivity index (χ3v) is 4.43. The Morgan fingerprint density at radius 2 is 1.94 bits per heavy atom. The molecule has 0 bridgehead atoms. The summed E-state index contributed by atoms with van der Waals surface area (Å²) in [6, 6.07) is 4.32. The summed E-state index contributed by atoms with van der Waals surface area (Å²) in [5, 5.41) is 18.2. The molecule has 0 radical (unpaired) electrons. The van der Waals surface area contributed by atoms with Crippen LogP contribution in [0.1, 0.15) is 11.7 Å². The number of halogens is 2. The Morgan fingerprint density at radius 1 is 1.35 bits per heavy atom. The lowest BCUT2D eigenvalue weighted by Gasteiger charge is -2.20. The molecule has 0 heterocycles. The molecule has 0 spiro atoms. The fraction of sp³-hybridized carbons (Fsp3) is 0.400. The monoisotopic (exact) mass is 298 g/mol. The summed E-state index contributed by atoms with van der Waals surface area (Å²) in [5.41, 5.74) is 0.223. The van der Waals surface area contributed by atoms with Gasteiger partial charge in [0.2, 0.25) is 0 Å². The molecule has 0 saturated carbocycles. The van der Waals surface area contributed by atoms with Crippen molar-refractivity contribution in [1.29, 1.82) is 0 Å². The maximum atomic E-state index is 11.4. The molecule has 4 nitrogen and oxygen atoms in total. The molecule has 0 amide bonds. The van der Waals surface area contributed by atoms with E-state index in [1.807, 2.05) is 0 Å². The lowest BCUT2D eigenvalue weighted by molar-refractivity contribution is 0.138. The van der Waals surface area contributed by atoms with Crippen LogP contribution < -0.4 is 0 Å². The standard InChI is InChI=1S/C10H12Cl2O4S/c1-17(15,16)9(5-13)10(14)7-3-2-6(11)4-8(7)12/h2-4,9-10,13-14H,5H2,1H3/t9-,10-/m1/s1. The van der Waals surface area contributed by atoms with Crippen LogP contribution >= 0.6 is 23.2 Å². The second-order valence-corrected chi connectivity index (χ2v) is 6.77. The second-order valence-electron chi connectivity index (χ2n) is 3.66. The quantitative estimate of drug-likeness (QED) is 0.882. The molecule has 0 aromatic heterocycles. The normalized spacial score (nSPS) is 15.6. The molecule has 7 heteroatoms. The third-order valence-electron chi connectivity index (χ3n) is 2.36. The first kappa shape index (κ1) is 14.7. The van der Waals surface area contributed by atoms with Gasteiger partial charge in [0, 0.05) is 21.9 Å². The van der Waals surface area contributed by atoms with E-state index < -0.39 is 27.8 Å². The molecule has 0 aliphatic carbocycles. The summed E-state index contributed by atoms with van der Waals surface area (Å²) in [6.45, 7) is -0.682. The van der Waals surface area contributed by atoms with Crippen molar-refractivity contribution < 1.29 is 18.6 Å².